The van der Waals surface area contributed by atoms with Gasteiger partial charge in [-0.15, -0.1) is 0 Å². The first-order chi connectivity index (χ1) is 10.1. The number of para-hydroxylation sites is 2. The predicted octanol–water partition coefficient (Wildman–Crippen LogP) is 4.10. The molecule has 0 radical (unpaired) electrons. The molecule has 3 rings (SSSR count). The van der Waals surface area contributed by atoms with Gasteiger partial charge in [-0.3, -0.25) is 0 Å². The van der Waals surface area contributed by atoms with Crippen LogP contribution in [0.15, 0.2) is 36.5 Å². The van der Waals surface area contributed by atoms with Crippen molar-refractivity contribution in [3.05, 3.63) is 53.1 Å². The van der Waals surface area contributed by atoms with E-state index in [0.29, 0.717) is 5.15 Å². The normalized spacial score (nSPS) is 12.6. The Kier molecular flexibility index (Phi) is 3.55. The molecule has 0 bridgehead atoms. The van der Waals surface area contributed by atoms with Gasteiger partial charge in [0, 0.05) is 13.2 Å². The number of pyridine rings is 1. The molecule has 1 N–H and O–H groups in total. The van der Waals surface area contributed by atoms with E-state index >= 15 is 0 Å². The monoisotopic (exact) mass is 300 g/mol. The molecule has 2 heterocycles. The molecule has 1 unspecified atom stereocenters. The molecular weight excluding hydrogens is 284 g/mol. The Hall–Kier alpha value is -2.07. The number of benzene rings is 1. The quantitative estimate of drug-likeness (QED) is 0.740. The van der Waals surface area contributed by atoms with Crippen molar-refractivity contribution >= 4 is 28.3 Å². The molecule has 0 amide bonds. The number of imidazole rings is 1. The fourth-order valence-electron chi connectivity index (χ4n) is 2.53. The van der Waals surface area contributed by atoms with Crippen molar-refractivity contribution in [2.45, 2.75) is 19.9 Å². The van der Waals surface area contributed by atoms with E-state index in [-0.39, 0.29) is 6.04 Å². The van der Waals surface area contributed by atoms with Gasteiger partial charge in [-0.25, -0.2) is 9.97 Å². The highest BCUT2D eigenvalue weighted by atomic mass is 35.5. The van der Waals surface area contributed by atoms with Crippen LogP contribution in [-0.2, 0) is 7.05 Å². The zero-order valence-corrected chi connectivity index (χ0v) is 13.0. The largest absolute Gasteiger partial charge is 0.373 e. The van der Waals surface area contributed by atoms with Crippen molar-refractivity contribution in [1.29, 1.82) is 0 Å². The molecule has 3 aromatic rings. The number of anilines is 1. The van der Waals surface area contributed by atoms with Crippen molar-refractivity contribution in [3.8, 4) is 0 Å². The second kappa shape index (κ2) is 5.37. The summed E-state index contributed by atoms with van der Waals surface area (Å²) in [7, 11) is 2.03. The Balaban J connectivity index is 1.97. The summed E-state index contributed by atoms with van der Waals surface area (Å²) < 4.78 is 2.10. The number of hydrogen-bond donors (Lipinski definition) is 1. The van der Waals surface area contributed by atoms with E-state index in [4.69, 9.17) is 16.6 Å². The van der Waals surface area contributed by atoms with Gasteiger partial charge in [0.1, 0.15) is 5.82 Å². The van der Waals surface area contributed by atoms with E-state index < -0.39 is 0 Å². The van der Waals surface area contributed by atoms with E-state index in [0.717, 1.165) is 28.1 Å². The summed E-state index contributed by atoms with van der Waals surface area (Å²) in [5.41, 5.74) is 4.05. The van der Waals surface area contributed by atoms with Gasteiger partial charge in [-0.2, -0.15) is 0 Å². The van der Waals surface area contributed by atoms with Crippen LogP contribution in [0.1, 0.15) is 24.4 Å². The number of rotatable bonds is 3. The average molecular weight is 301 g/mol. The second-order valence-electron chi connectivity index (χ2n) is 5.18. The standard InChI is InChI=1S/C16H17ClN4/c1-10-8-9-18-15(17)14(10)19-11(2)16-20-12-6-4-5-7-13(12)21(16)3/h4-9,11,19H,1-3H3. The number of aromatic nitrogens is 3. The molecular formula is C16H17ClN4. The maximum atomic E-state index is 6.18. The van der Waals surface area contributed by atoms with Gasteiger partial charge < -0.3 is 9.88 Å². The Morgan fingerprint density at radius 3 is 2.71 bits per heavy atom. The highest BCUT2D eigenvalue weighted by Gasteiger charge is 2.16. The third-order valence-electron chi connectivity index (χ3n) is 3.68. The number of aryl methyl sites for hydroxylation is 2. The maximum Gasteiger partial charge on any atom is 0.152 e. The lowest BCUT2D eigenvalue weighted by Crippen LogP contribution is -2.13. The van der Waals surface area contributed by atoms with Gasteiger partial charge in [0.05, 0.1) is 22.8 Å². The third kappa shape index (κ3) is 2.47. The number of nitrogens with zero attached hydrogens (tertiary/aromatic N) is 3. The van der Waals surface area contributed by atoms with E-state index in [1.807, 2.05) is 38.2 Å². The summed E-state index contributed by atoms with van der Waals surface area (Å²) in [5.74, 6) is 0.968. The first-order valence-electron chi connectivity index (χ1n) is 6.87. The van der Waals surface area contributed by atoms with Crippen LogP contribution in [0.3, 0.4) is 0 Å². The molecule has 0 saturated heterocycles. The minimum atomic E-state index is 0.0304. The summed E-state index contributed by atoms with van der Waals surface area (Å²) in [5, 5.41) is 3.91. The van der Waals surface area contributed by atoms with Gasteiger partial charge >= 0.3 is 0 Å². The zero-order chi connectivity index (χ0) is 15.0. The lowest BCUT2D eigenvalue weighted by Gasteiger charge is -2.17. The molecule has 0 spiro atoms. The first-order valence-corrected chi connectivity index (χ1v) is 7.24. The van der Waals surface area contributed by atoms with Gasteiger partial charge in [-0.1, -0.05) is 23.7 Å². The molecule has 5 heteroatoms. The Bertz CT molecular complexity index is 774. The van der Waals surface area contributed by atoms with Crippen molar-refractivity contribution < 1.29 is 0 Å². The van der Waals surface area contributed by atoms with Crippen LogP contribution in [0, 0.1) is 6.92 Å². The van der Waals surface area contributed by atoms with Gasteiger partial charge in [0.25, 0.3) is 0 Å². The third-order valence-corrected chi connectivity index (χ3v) is 3.97. The maximum absolute atomic E-state index is 6.18. The average Bonchev–Trinajstić information content (AvgIpc) is 2.81. The van der Waals surface area contributed by atoms with Crippen molar-refractivity contribution in [2.75, 3.05) is 5.32 Å². The molecule has 0 aliphatic heterocycles. The van der Waals surface area contributed by atoms with Gasteiger partial charge in [-0.05, 0) is 37.6 Å². The molecule has 0 aliphatic rings. The predicted molar refractivity (Wildman–Crippen MR) is 86.7 cm³/mol. The number of nitrogens with one attached hydrogen (secondary N) is 1. The SMILES string of the molecule is Cc1ccnc(Cl)c1NC(C)c1nc2ccccc2n1C. The van der Waals surface area contributed by atoms with Crippen LogP contribution in [-0.4, -0.2) is 14.5 Å². The zero-order valence-electron chi connectivity index (χ0n) is 12.3. The molecule has 21 heavy (non-hydrogen) atoms. The van der Waals surface area contributed by atoms with Crippen LogP contribution < -0.4 is 5.32 Å². The fourth-order valence-corrected chi connectivity index (χ4v) is 2.79. The van der Waals surface area contributed by atoms with Crippen LogP contribution in [0.4, 0.5) is 5.69 Å². The Morgan fingerprint density at radius 1 is 1.24 bits per heavy atom. The van der Waals surface area contributed by atoms with Crippen molar-refractivity contribution in [2.24, 2.45) is 7.05 Å². The number of halogens is 1. The van der Waals surface area contributed by atoms with Crippen molar-refractivity contribution in [3.63, 3.8) is 0 Å². The molecule has 108 valence electrons. The summed E-state index contributed by atoms with van der Waals surface area (Å²) in [6.07, 6.45) is 1.71. The smallest absolute Gasteiger partial charge is 0.152 e. The van der Waals surface area contributed by atoms with Gasteiger partial charge in [0.2, 0.25) is 0 Å². The van der Waals surface area contributed by atoms with Crippen LogP contribution in [0.5, 0.6) is 0 Å². The number of hydrogen-bond acceptors (Lipinski definition) is 3. The van der Waals surface area contributed by atoms with E-state index in [2.05, 4.69) is 27.9 Å². The lowest BCUT2D eigenvalue weighted by molar-refractivity contribution is 0.732. The lowest BCUT2D eigenvalue weighted by atomic mass is 10.2. The fraction of sp³-hybridized carbons (Fsp3) is 0.250. The summed E-state index contributed by atoms with van der Waals surface area (Å²) in [6, 6.07) is 10.1. The Labute approximate surface area is 128 Å². The minimum Gasteiger partial charge on any atom is -0.373 e. The molecule has 4 nitrogen and oxygen atoms in total. The van der Waals surface area contributed by atoms with E-state index in [9.17, 15) is 0 Å². The van der Waals surface area contributed by atoms with Crippen molar-refractivity contribution in [1.82, 2.24) is 14.5 Å². The number of fused-ring (bicyclic) bond motifs is 1. The van der Waals surface area contributed by atoms with E-state index in [1.54, 1.807) is 6.20 Å². The van der Waals surface area contributed by atoms with E-state index in [1.165, 1.54) is 0 Å². The van der Waals surface area contributed by atoms with Crippen LogP contribution in [0.2, 0.25) is 5.15 Å². The summed E-state index contributed by atoms with van der Waals surface area (Å²) in [6.45, 7) is 4.08. The topological polar surface area (TPSA) is 42.7 Å². The molecule has 0 saturated carbocycles. The Morgan fingerprint density at radius 2 is 2.00 bits per heavy atom. The molecule has 2 aromatic heterocycles. The summed E-state index contributed by atoms with van der Waals surface area (Å²) >= 11 is 6.18. The molecule has 0 fully saturated rings. The molecule has 1 aromatic carbocycles. The summed E-state index contributed by atoms with van der Waals surface area (Å²) in [4.78, 5) is 8.83. The first kappa shape index (κ1) is 13.9. The molecule has 1 atom stereocenters. The second-order valence-corrected chi connectivity index (χ2v) is 5.54. The highest BCUT2D eigenvalue weighted by molar-refractivity contribution is 6.32. The van der Waals surface area contributed by atoms with Gasteiger partial charge in [0.15, 0.2) is 5.15 Å². The van der Waals surface area contributed by atoms with Crippen LogP contribution in [0.25, 0.3) is 11.0 Å². The minimum absolute atomic E-state index is 0.0304. The highest BCUT2D eigenvalue weighted by Crippen LogP contribution is 2.28. The molecule has 0 aliphatic carbocycles. The van der Waals surface area contributed by atoms with Crippen LogP contribution >= 0.6 is 11.6 Å².